The van der Waals surface area contributed by atoms with E-state index in [1.165, 1.54) is 0 Å². The van der Waals surface area contributed by atoms with Gasteiger partial charge in [-0.15, -0.1) is 0 Å². The highest BCUT2D eigenvalue weighted by atomic mass is 15.4. The summed E-state index contributed by atoms with van der Waals surface area (Å²) in [7, 11) is 10.7. The molecule has 0 aliphatic carbocycles. The van der Waals surface area contributed by atoms with Crippen LogP contribution in [0.3, 0.4) is 0 Å². The molecule has 0 N–H and O–H groups in total. The van der Waals surface area contributed by atoms with E-state index < -0.39 is 0 Å². The molecule has 0 saturated heterocycles. The van der Waals surface area contributed by atoms with Crippen LogP contribution in [0.5, 0.6) is 0 Å². The molecule has 15 heavy (non-hydrogen) atoms. The van der Waals surface area contributed by atoms with Crippen molar-refractivity contribution >= 4 is 0 Å². The lowest BCUT2D eigenvalue weighted by Gasteiger charge is -2.31. The standard InChI is InChI=1S/C11H28N4/c1-11(2)15(7)10-14(6)9-13(5)8-12(3)4/h11H,8-10H2,1-7H3. The van der Waals surface area contributed by atoms with Gasteiger partial charge in [0, 0.05) is 6.04 Å². The van der Waals surface area contributed by atoms with E-state index in [0.29, 0.717) is 6.04 Å². The third-order valence-electron chi connectivity index (χ3n) is 2.35. The molecular formula is C11H28N4. The molecule has 0 rings (SSSR count). The fraction of sp³-hybridized carbons (Fsp3) is 1.00. The molecule has 0 aromatic rings. The predicted molar refractivity (Wildman–Crippen MR) is 66.7 cm³/mol. The summed E-state index contributed by atoms with van der Waals surface area (Å²) < 4.78 is 0. The maximum atomic E-state index is 2.34. The van der Waals surface area contributed by atoms with Gasteiger partial charge in [0.2, 0.25) is 0 Å². The minimum Gasteiger partial charge on any atom is -0.297 e. The van der Waals surface area contributed by atoms with Crippen molar-refractivity contribution in [2.24, 2.45) is 0 Å². The molecule has 0 amide bonds. The van der Waals surface area contributed by atoms with Crippen LogP contribution in [0.15, 0.2) is 0 Å². The predicted octanol–water partition coefficient (Wildman–Crippen LogP) is 0.624. The van der Waals surface area contributed by atoms with E-state index in [2.05, 4.69) is 68.7 Å². The maximum Gasteiger partial charge on any atom is 0.0523 e. The molecule has 4 heteroatoms. The molecular weight excluding hydrogens is 188 g/mol. The quantitative estimate of drug-likeness (QED) is 0.579. The Bertz CT molecular complexity index is 159. The van der Waals surface area contributed by atoms with Crippen molar-refractivity contribution in [3.05, 3.63) is 0 Å². The smallest absolute Gasteiger partial charge is 0.0523 e. The van der Waals surface area contributed by atoms with Gasteiger partial charge in [0.25, 0.3) is 0 Å². The highest BCUT2D eigenvalue weighted by Gasteiger charge is 2.08. The topological polar surface area (TPSA) is 13.0 Å². The molecule has 0 aromatic carbocycles. The lowest BCUT2D eigenvalue weighted by atomic mass is 10.4. The average Bonchev–Trinajstić information content (AvgIpc) is 2.00. The minimum absolute atomic E-state index is 0.603. The molecule has 0 aliphatic rings. The Morgan fingerprint density at radius 2 is 1.20 bits per heavy atom. The highest BCUT2D eigenvalue weighted by Crippen LogP contribution is 1.96. The highest BCUT2D eigenvalue weighted by molar-refractivity contribution is 4.57. The van der Waals surface area contributed by atoms with Crippen LogP contribution in [-0.4, -0.2) is 80.9 Å². The summed E-state index contributed by atoms with van der Waals surface area (Å²) in [6.45, 7) is 7.44. The van der Waals surface area contributed by atoms with Gasteiger partial charge in [0.1, 0.15) is 0 Å². The second-order valence-electron chi connectivity index (χ2n) is 5.07. The van der Waals surface area contributed by atoms with Crippen LogP contribution in [0, 0.1) is 0 Å². The third-order valence-corrected chi connectivity index (χ3v) is 2.35. The van der Waals surface area contributed by atoms with Gasteiger partial charge in [-0.3, -0.25) is 19.6 Å². The lowest BCUT2D eigenvalue weighted by molar-refractivity contribution is 0.0808. The Kier molecular flexibility index (Phi) is 7.09. The van der Waals surface area contributed by atoms with Crippen LogP contribution in [0.2, 0.25) is 0 Å². The zero-order valence-corrected chi connectivity index (χ0v) is 11.5. The number of hydrogen-bond acceptors (Lipinski definition) is 4. The minimum atomic E-state index is 0.603. The molecule has 0 atom stereocenters. The number of nitrogens with zero attached hydrogens (tertiary/aromatic N) is 4. The largest absolute Gasteiger partial charge is 0.297 e. The first-order valence-corrected chi connectivity index (χ1v) is 5.55. The molecule has 4 nitrogen and oxygen atoms in total. The van der Waals surface area contributed by atoms with E-state index in [0.717, 1.165) is 20.0 Å². The molecule has 0 saturated carbocycles. The summed E-state index contributed by atoms with van der Waals surface area (Å²) in [6, 6.07) is 0.603. The van der Waals surface area contributed by atoms with Crippen molar-refractivity contribution in [3.8, 4) is 0 Å². The van der Waals surface area contributed by atoms with Crippen molar-refractivity contribution in [2.75, 3.05) is 55.2 Å². The molecule has 0 fully saturated rings. The Labute approximate surface area is 95.4 Å². The summed E-state index contributed by atoms with van der Waals surface area (Å²) in [5.41, 5.74) is 0. The van der Waals surface area contributed by atoms with E-state index in [4.69, 9.17) is 0 Å². The summed E-state index contributed by atoms with van der Waals surface area (Å²) in [4.78, 5) is 9.14. The maximum absolute atomic E-state index is 2.34. The van der Waals surface area contributed by atoms with Crippen LogP contribution < -0.4 is 0 Å². The summed E-state index contributed by atoms with van der Waals surface area (Å²) in [5, 5.41) is 0. The van der Waals surface area contributed by atoms with E-state index in [9.17, 15) is 0 Å². The first kappa shape index (κ1) is 14.8. The van der Waals surface area contributed by atoms with Gasteiger partial charge in [-0.25, -0.2) is 0 Å². The SMILES string of the molecule is CC(C)N(C)CN(C)CN(C)CN(C)C. The summed E-state index contributed by atoms with van der Waals surface area (Å²) in [5.74, 6) is 0. The fourth-order valence-electron chi connectivity index (χ4n) is 1.53. The van der Waals surface area contributed by atoms with Crippen LogP contribution >= 0.6 is 0 Å². The molecule has 0 heterocycles. The normalized spacial score (nSPS) is 12.8. The van der Waals surface area contributed by atoms with Gasteiger partial charge in [-0.1, -0.05) is 0 Å². The van der Waals surface area contributed by atoms with Crippen LogP contribution in [-0.2, 0) is 0 Å². The van der Waals surface area contributed by atoms with E-state index >= 15 is 0 Å². The first-order chi connectivity index (χ1) is 6.82. The van der Waals surface area contributed by atoms with Gasteiger partial charge in [0.15, 0.2) is 0 Å². The number of hydrogen-bond donors (Lipinski definition) is 0. The van der Waals surface area contributed by atoms with Crippen LogP contribution in [0.4, 0.5) is 0 Å². The molecule has 0 aromatic heterocycles. The van der Waals surface area contributed by atoms with Gasteiger partial charge >= 0.3 is 0 Å². The van der Waals surface area contributed by atoms with Gasteiger partial charge < -0.3 is 0 Å². The number of rotatable bonds is 7. The molecule has 0 bridgehead atoms. The van der Waals surface area contributed by atoms with Crippen molar-refractivity contribution in [1.29, 1.82) is 0 Å². The summed E-state index contributed by atoms with van der Waals surface area (Å²) >= 11 is 0. The third kappa shape index (κ3) is 7.73. The van der Waals surface area contributed by atoms with E-state index in [1.54, 1.807) is 0 Å². The average molecular weight is 216 g/mol. The molecule has 92 valence electrons. The monoisotopic (exact) mass is 216 g/mol. The second kappa shape index (κ2) is 7.17. The Balaban J connectivity index is 3.77. The zero-order chi connectivity index (χ0) is 12.0. The molecule has 0 unspecified atom stereocenters. The van der Waals surface area contributed by atoms with Crippen LogP contribution in [0.25, 0.3) is 0 Å². The zero-order valence-electron chi connectivity index (χ0n) is 11.5. The molecule has 0 spiro atoms. The van der Waals surface area contributed by atoms with E-state index in [-0.39, 0.29) is 0 Å². The Morgan fingerprint density at radius 3 is 1.60 bits per heavy atom. The van der Waals surface area contributed by atoms with Crippen molar-refractivity contribution in [1.82, 2.24) is 19.6 Å². The van der Waals surface area contributed by atoms with Crippen LogP contribution in [0.1, 0.15) is 13.8 Å². The van der Waals surface area contributed by atoms with Gasteiger partial charge in [0.05, 0.1) is 20.0 Å². The van der Waals surface area contributed by atoms with Crippen molar-refractivity contribution in [2.45, 2.75) is 19.9 Å². The Morgan fingerprint density at radius 1 is 0.733 bits per heavy atom. The van der Waals surface area contributed by atoms with Gasteiger partial charge in [-0.2, -0.15) is 0 Å². The lowest BCUT2D eigenvalue weighted by Crippen LogP contribution is -2.43. The second-order valence-corrected chi connectivity index (χ2v) is 5.07. The van der Waals surface area contributed by atoms with Crippen molar-refractivity contribution in [3.63, 3.8) is 0 Å². The van der Waals surface area contributed by atoms with Gasteiger partial charge in [-0.05, 0) is 49.1 Å². The molecule has 0 radical (unpaired) electrons. The van der Waals surface area contributed by atoms with E-state index in [1.807, 2.05) is 0 Å². The first-order valence-electron chi connectivity index (χ1n) is 5.55. The fourth-order valence-corrected chi connectivity index (χ4v) is 1.53. The Hall–Kier alpha value is -0.160. The molecule has 0 aliphatic heterocycles. The summed E-state index contributed by atoms with van der Waals surface area (Å²) in [6.07, 6.45) is 0. The van der Waals surface area contributed by atoms with Crippen molar-refractivity contribution < 1.29 is 0 Å².